The van der Waals surface area contributed by atoms with Gasteiger partial charge in [-0.2, -0.15) is 0 Å². The molecule has 2 aromatic rings. The molecule has 5 heteroatoms. The molecule has 108 valence electrons. The first-order valence-corrected chi connectivity index (χ1v) is 6.86. The van der Waals surface area contributed by atoms with Gasteiger partial charge in [0.2, 0.25) is 0 Å². The van der Waals surface area contributed by atoms with Crippen molar-refractivity contribution >= 4 is 17.0 Å². The number of nitrogens with zero attached hydrogens (tertiary/aromatic N) is 2. The number of carbonyl (C=O) groups is 1. The number of aromatic nitrogens is 2. The fraction of sp³-hybridized carbons (Fsp3) is 0.467. The average molecular weight is 276 g/mol. The maximum absolute atomic E-state index is 11.4. The summed E-state index contributed by atoms with van der Waals surface area (Å²) in [7, 11) is 0. The summed E-state index contributed by atoms with van der Waals surface area (Å²) in [5.74, 6) is 0.197. The van der Waals surface area contributed by atoms with Crippen molar-refractivity contribution in [1.82, 2.24) is 9.55 Å². The van der Waals surface area contributed by atoms with Crippen LogP contribution in [0, 0.1) is 0 Å². The van der Waals surface area contributed by atoms with Crippen molar-refractivity contribution < 1.29 is 14.6 Å². The van der Waals surface area contributed by atoms with Crippen molar-refractivity contribution in [3.63, 3.8) is 0 Å². The lowest BCUT2D eigenvalue weighted by atomic mass is 10.2. The Bertz CT molecular complexity index is 617. The molecule has 5 nitrogen and oxygen atoms in total. The molecule has 0 aliphatic carbocycles. The van der Waals surface area contributed by atoms with Crippen molar-refractivity contribution in [2.45, 2.75) is 33.2 Å². The van der Waals surface area contributed by atoms with Crippen molar-refractivity contribution in [2.75, 3.05) is 13.2 Å². The second kappa shape index (κ2) is 6.05. The number of hydrogen-bond donors (Lipinski definition) is 1. The number of rotatable bonds is 6. The molecule has 0 atom stereocenters. The Morgan fingerprint density at radius 1 is 1.45 bits per heavy atom. The number of carboxylic acid groups (broad SMARTS) is 1. The highest BCUT2D eigenvalue weighted by molar-refractivity contribution is 6.01. The summed E-state index contributed by atoms with van der Waals surface area (Å²) in [4.78, 5) is 16.0. The first-order valence-electron chi connectivity index (χ1n) is 6.86. The van der Waals surface area contributed by atoms with E-state index in [0.717, 1.165) is 11.3 Å². The highest BCUT2D eigenvalue weighted by Gasteiger charge is 2.18. The van der Waals surface area contributed by atoms with Gasteiger partial charge < -0.3 is 14.4 Å². The summed E-state index contributed by atoms with van der Waals surface area (Å²) in [6, 6.07) is 5.20. The van der Waals surface area contributed by atoms with Crippen LogP contribution in [0.4, 0.5) is 0 Å². The fourth-order valence-electron chi connectivity index (χ4n) is 2.34. The van der Waals surface area contributed by atoms with Gasteiger partial charge in [0.05, 0.1) is 23.2 Å². The van der Waals surface area contributed by atoms with Crippen molar-refractivity contribution in [2.24, 2.45) is 0 Å². The van der Waals surface area contributed by atoms with Crippen molar-refractivity contribution in [3.05, 3.63) is 29.6 Å². The highest BCUT2D eigenvalue weighted by Crippen LogP contribution is 2.24. The molecular weight excluding hydrogens is 256 g/mol. The molecule has 0 saturated carbocycles. The average Bonchev–Trinajstić information content (AvgIpc) is 2.78. The number of para-hydroxylation sites is 1. The number of benzene rings is 1. The zero-order valence-electron chi connectivity index (χ0n) is 12.1. The number of fused-ring (bicyclic) bond motifs is 1. The molecule has 1 aromatic carbocycles. The molecule has 0 aliphatic heterocycles. The number of carboxylic acids is 1. The van der Waals surface area contributed by atoms with E-state index < -0.39 is 5.97 Å². The van der Waals surface area contributed by atoms with Crippen LogP contribution in [0.5, 0.6) is 0 Å². The normalized spacial score (nSPS) is 11.4. The van der Waals surface area contributed by atoms with Gasteiger partial charge in [0, 0.05) is 19.1 Å². The van der Waals surface area contributed by atoms with Crippen LogP contribution < -0.4 is 0 Å². The third-order valence-corrected chi connectivity index (χ3v) is 3.21. The number of hydrogen-bond acceptors (Lipinski definition) is 3. The van der Waals surface area contributed by atoms with Crippen LogP contribution >= 0.6 is 0 Å². The summed E-state index contributed by atoms with van der Waals surface area (Å²) in [6.45, 7) is 7.86. The topological polar surface area (TPSA) is 64.4 Å². The summed E-state index contributed by atoms with van der Waals surface area (Å²) >= 11 is 0. The molecule has 1 N–H and O–H groups in total. The molecule has 1 aromatic heterocycles. The van der Waals surface area contributed by atoms with Crippen LogP contribution in [-0.2, 0) is 11.3 Å². The standard InChI is InChI=1S/C15H20N2O3/c1-4-20-9-8-17-13-11(15(18)19)6-5-7-12(13)16-14(17)10(2)3/h5-7,10H,4,8-9H2,1-3H3,(H,18,19). The third kappa shape index (κ3) is 2.67. The van der Waals surface area contributed by atoms with E-state index in [0.29, 0.717) is 30.8 Å². The monoisotopic (exact) mass is 276 g/mol. The maximum Gasteiger partial charge on any atom is 0.337 e. The van der Waals surface area contributed by atoms with Crippen LogP contribution in [0.25, 0.3) is 11.0 Å². The predicted molar refractivity (Wildman–Crippen MR) is 77.3 cm³/mol. The van der Waals surface area contributed by atoms with E-state index in [4.69, 9.17) is 4.74 Å². The third-order valence-electron chi connectivity index (χ3n) is 3.21. The molecule has 2 rings (SSSR count). The van der Waals surface area contributed by atoms with E-state index in [9.17, 15) is 9.90 Å². The van der Waals surface area contributed by atoms with Gasteiger partial charge in [-0.15, -0.1) is 0 Å². The SMILES string of the molecule is CCOCCn1c(C(C)C)nc2cccc(C(=O)O)c21. The van der Waals surface area contributed by atoms with Crippen molar-refractivity contribution in [1.29, 1.82) is 0 Å². The number of imidazole rings is 1. The van der Waals surface area contributed by atoms with Gasteiger partial charge in [-0.3, -0.25) is 0 Å². The zero-order chi connectivity index (χ0) is 14.7. The van der Waals surface area contributed by atoms with Crippen LogP contribution in [0.1, 0.15) is 42.9 Å². The summed E-state index contributed by atoms with van der Waals surface area (Å²) in [6.07, 6.45) is 0. The quantitative estimate of drug-likeness (QED) is 0.824. The van der Waals surface area contributed by atoms with E-state index in [1.54, 1.807) is 12.1 Å². The summed E-state index contributed by atoms with van der Waals surface area (Å²) in [5.41, 5.74) is 1.70. The zero-order valence-corrected chi connectivity index (χ0v) is 12.1. The Morgan fingerprint density at radius 2 is 2.20 bits per heavy atom. The minimum atomic E-state index is -0.927. The molecule has 0 fully saturated rings. The first kappa shape index (κ1) is 14.5. The number of ether oxygens (including phenoxy) is 1. The molecule has 0 amide bonds. The van der Waals surface area contributed by atoms with Crippen molar-refractivity contribution in [3.8, 4) is 0 Å². The van der Waals surface area contributed by atoms with E-state index in [2.05, 4.69) is 18.8 Å². The maximum atomic E-state index is 11.4. The predicted octanol–water partition coefficient (Wildman–Crippen LogP) is 2.89. The molecule has 0 radical (unpaired) electrons. The minimum absolute atomic E-state index is 0.227. The van der Waals surface area contributed by atoms with Crippen LogP contribution in [0.3, 0.4) is 0 Å². The van der Waals surface area contributed by atoms with Gasteiger partial charge in [0.25, 0.3) is 0 Å². The van der Waals surface area contributed by atoms with Gasteiger partial charge in [-0.25, -0.2) is 9.78 Å². The van der Waals surface area contributed by atoms with Gasteiger partial charge in [-0.1, -0.05) is 19.9 Å². The Morgan fingerprint density at radius 3 is 2.80 bits per heavy atom. The van der Waals surface area contributed by atoms with Gasteiger partial charge >= 0.3 is 5.97 Å². The smallest absolute Gasteiger partial charge is 0.337 e. The van der Waals surface area contributed by atoms with Gasteiger partial charge in [0.15, 0.2) is 0 Å². The molecule has 0 aliphatic rings. The Labute approximate surface area is 118 Å². The first-order chi connectivity index (χ1) is 9.56. The Hall–Kier alpha value is -1.88. The van der Waals surface area contributed by atoms with E-state index in [1.165, 1.54) is 0 Å². The second-order valence-electron chi connectivity index (χ2n) is 4.95. The van der Waals surface area contributed by atoms with Crippen LogP contribution in [0.15, 0.2) is 18.2 Å². The molecule has 20 heavy (non-hydrogen) atoms. The Kier molecular flexibility index (Phi) is 4.39. The fourth-order valence-corrected chi connectivity index (χ4v) is 2.34. The van der Waals surface area contributed by atoms with E-state index in [-0.39, 0.29) is 5.92 Å². The lowest BCUT2D eigenvalue weighted by Gasteiger charge is -2.12. The largest absolute Gasteiger partial charge is 0.478 e. The van der Waals surface area contributed by atoms with Gasteiger partial charge in [-0.05, 0) is 19.1 Å². The molecule has 0 spiro atoms. The molecule has 0 bridgehead atoms. The molecule has 0 saturated heterocycles. The summed E-state index contributed by atoms with van der Waals surface area (Å²) < 4.78 is 7.37. The summed E-state index contributed by atoms with van der Waals surface area (Å²) in [5, 5.41) is 9.35. The van der Waals surface area contributed by atoms with Crippen LogP contribution in [-0.4, -0.2) is 33.8 Å². The van der Waals surface area contributed by atoms with Gasteiger partial charge in [0.1, 0.15) is 5.82 Å². The molecular formula is C15H20N2O3. The van der Waals surface area contributed by atoms with E-state index in [1.807, 2.05) is 17.6 Å². The lowest BCUT2D eigenvalue weighted by Crippen LogP contribution is -2.12. The molecule has 0 unspecified atom stereocenters. The molecule has 1 heterocycles. The lowest BCUT2D eigenvalue weighted by molar-refractivity contribution is 0.0698. The second-order valence-corrected chi connectivity index (χ2v) is 4.95. The number of aromatic carboxylic acids is 1. The minimum Gasteiger partial charge on any atom is -0.478 e. The van der Waals surface area contributed by atoms with Crippen LogP contribution in [0.2, 0.25) is 0 Å². The highest BCUT2D eigenvalue weighted by atomic mass is 16.5. The Balaban J connectivity index is 2.58. The van der Waals surface area contributed by atoms with E-state index >= 15 is 0 Å².